The van der Waals surface area contributed by atoms with Gasteiger partial charge < -0.3 is 26.2 Å². The van der Waals surface area contributed by atoms with Crippen molar-refractivity contribution in [3.63, 3.8) is 0 Å². The van der Waals surface area contributed by atoms with Gasteiger partial charge in [-0.15, -0.1) is 0 Å². The number of hydrogen-bond acceptors (Lipinski definition) is 6. The monoisotopic (exact) mass is 237 g/mol. The van der Waals surface area contributed by atoms with Gasteiger partial charge in [-0.2, -0.15) is 0 Å². The van der Waals surface area contributed by atoms with Gasteiger partial charge in [0.2, 0.25) is 0 Å². The van der Waals surface area contributed by atoms with Crippen molar-refractivity contribution in [2.45, 2.75) is 12.5 Å². The molecule has 16 heavy (non-hydrogen) atoms. The summed E-state index contributed by atoms with van der Waals surface area (Å²) in [6.45, 7) is 3.16. The maximum Gasteiger partial charge on any atom is 0.333 e. The van der Waals surface area contributed by atoms with Gasteiger partial charge in [-0.05, 0) is 0 Å². The van der Waals surface area contributed by atoms with Crippen molar-refractivity contribution in [3.8, 4) is 0 Å². The molecule has 0 aliphatic rings. The summed E-state index contributed by atoms with van der Waals surface area (Å²) in [5.74, 6) is -3.24. The molecular formula is C8H15NO7. The highest BCUT2D eigenvalue weighted by atomic mass is 16.5. The zero-order valence-corrected chi connectivity index (χ0v) is 8.75. The number of rotatable bonds is 4. The molecule has 0 spiro atoms. The molecule has 0 aromatic carbocycles. The van der Waals surface area contributed by atoms with E-state index in [0.717, 1.165) is 6.08 Å². The van der Waals surface area contributed by atoms with Gasteiger partial charge in [-0.1, -0.05) is 6.58 Å². The Morgan fingerprint density at radius 3 is 1.88 bits per heavy atom. The standard InChI is InChI=1S/C4H6O5.C4H6O2.H3N/c5-2(4(8)9)1-3(6)7;1-3-4(5)6-2;/h2,5H,1H2,(H,6,7)(H,8,9);3H,1H2,2H3;1H3. The SMILES string of the molecule is C=CC(=O)OC.N.O=C(O)CC(O)C(=O)O. The molecular weight excluding hydrogens is 222 g/mol. The second-order valence-corrected chi connectivity index (χ2v) is 2.18. The molecule has 1 unspecified atom stereocenters. The van der Waals surface area contributed by atoms with Crippen molar-refractivity contribution in [1.29, 1.82) is 0 Å². The van der Waals surface area contributed by atoms with Gasteiger partial charge in [0, 0.05) is 6.08 Å². The third-order valence-electron chi connectivity index (χ3n) is 1.02. The number of carboxylic acid groups (broad SMARTS) is 2. The first-order valence-electron chi connectivity index (χ1n) is 3.68. The van der Waals surface area contributed by atoms with Crippen LogP contribution in [0.4, 0.5) is 0 Å². The first-order valence-corrected chi connectivity index (χ1v) is 3.68. The van der Waals surface area contributed by atoms with Crippen molar-refractivity contribution < 1.29 is 34.4 Å². The summed E-state index contributed by atoms with van der Waals surface area (Å²) in [5.41, 5.74) is 0. The van der Waals surface area contributed by atoms with Crippen LogP contribution in [0.25, 0.3) is 0 Å². The van der Waals surface area contributed by atoms with Crippen LogP contribution in [-0.2, 0) is 19.1 Å². The van der Waals surface area contributed by atoms with E-state index in [1.54, 1.807) is 0 Å². The molecule has 0 saturated heterocycles. The van der Waals surface area contributed by atoms with Crippen molar-refractivity contribution in [1.82, 2.24) is 6.15 Å². The lowest BCUT2D eigenvalue weighted by Crippen LogP contribution is -2.22. The van der Waals surface area contributed by atoms with E-state index < -0.39 is 30.4 Å². The summed E-state index contributed by atoms with van der Waals surface area (Å²) in [6, 6.07) is 0. The second kappa shape index (κ2) is 11.1. The quantitative estimate of drug-likeness (QED) is 0.373. The maximum absolute atomic E-state index is 9.84. The molecule has 6 N–H and O–H groups in total. The third kappa shape index (κ3) is 14.6. The smallest absolute Gasteiger partial charge is 0.333 e. The molecule has 0 aliphatic heterocycles. The summed E-state index contributed by atoms with van der Waals surface area (Å²) < 4.78 is 4.14. The number of carbonyl (C=O) groups is 3. The van der Waals surface area contributed by atoms with E-state index in [1.807, 2.05) is 0 Å². The van der Waals surface area contributed by atoms with Crippen LogP contribution in [0.2, 0.25) is 0 Å². The lowest BCUT2D eigenvalue weighted by atomic mass is 10.3. The minimum absolute atomic E-state index is 0. The van der Waals surface area contributed by atoms with Gasteiger partial charge in [-0.3, -0.25) is 4.79 Å². The predicted molar refractivity (Wildman–Crippen MR) is 53.1 cm³/mol. The fourth-order valence-corrected chi connectivity index (χ4v) is 0.336. The van der Waals surface area contributed by atoms with Gasteiger partial charge in [-0.25, -0.2) is 9.59 Å². The number of aliphatic carboxylic acids is 2. The number of aliphatic hydroxyl groups excluding tert-OH is 1. The van der Waals surface area contributed by atoms with Crippen LogP contribution >= 0.6 is 0 Å². The Bertz CT molecular complexity index is 251. The molecule has 0 radical (unpaired) electrons. The summed E-state index contributed by atoms with van der Waals surface area (Å²) in [6.07, 6.45) is -1.43. The maximum atomic E-state index is 9.84. The van der Waals surface area contributed by atoms with Gasteiger partial charge >= 0.3 is 17.9 Å². The van der Waals surface area contributed by atoms with Crippen LogP contribution in [0.5, 0.6) is 0 Å². The van der Waals surface area contributed by atoms with Crippen LogP contribution in [0.1, 0.15) is 6.42 Å². The number of methoxy groups -OCH3 is 1. The fourth-order valence-electron chi connectivity index (χ4n) is 0.336. The normalized spacial score (nSPS) is 9.62. The molecule has 0 amide bonds. The molecule has 0 saturated carbocycles. The lowest BCUT2D eigenvalue weighted by Gasteiger charge is -1.97. The second-order valence-electron chi connectivity index (χ2n) is 2.18. The van der Waals surface area contributed by atoms with Gasteiger partial charge in [0.1, 0.15) is 0 Å². The van der Waals surface area contributed by atoms with E-state index in [2.05, 4.69) is 11.3 Å². The van der Waals surface area contributed by atoms with Crippen LogP contribution < -0.4 is 6.15 Å². The molecule has 0 rings (SSSR count). The highest BCUT2D eigenvalue weighted by molar-refractivity contribution is 5.81. The van der Waals surface area contributed by atoms with Crippen LogP contribution in [0, 0.1) is 0 Å². The summed E-state index contributed by atoms with van der Waals surface area (Å²) >= 11 is 0. The highest BCUT2D eigenvalue weighted by Crippen LogP contribution is 1.89. The Morgan fingerprint density at radius 1 is 1.38 bits per heavy atom. The summed E-state index contributed by atoms with van der Waals surface area (Å²) in [4.78, 5) is 29.3. The Morgan fingerprint density at radius 2 is 1.81 bits per heavy atom. The first-order chi connectivity index (χ1) is 6.84. The highest BCUT2D eigenvalue weighted by Gasteiger charge is 2.16. The average Bonchev–Trinajstić information content (AvgIpc) is 2.16. The minimum Gasteiger partial charge on any atom is -0.481 e. The van der Waals surface area contributed by atoms with Crippen LogP contribution in [0.3, 0.4) is 0 Å². The molecule has 0 heterocycles. The molecule has 0 fully saturated rings. The molecule has 94 valence electrons. The van der Waals surface area contributed by atoms with Gasteiger partial charge in [0.15, 0.2) is 6.10 Å². The van der Waals surface area contributed by atoms with E-state index in [9.17, 15) is 14.4 Å². The fraction of sp³-hybridized carbons (Fsp3) is 0.375. The predicted octanol–water partition coefficient (Wildman–Crippen LogP) is -0.586. The zero-order valence-electron chi connectivity index (χ0n) is 8.75. The Hall–Kier alpha value is -1.93. The molecule has 0 aliphatic carbocycles. The molecule has 8 nitrogen and oxygen atoms in total. The number of ether oxygens (including phenoxy) is 1. The number of aliphatic hydroxyl groups is 1. The number of carbonyl (C=O) groups excluding carboxylic acids is 1. The van der Waals surface area contributed by atoms with Crippen LogP contribution in [0.15, 0.2) is 12.7 Å². The largest absolute Gasteiger partial charge is 0.481 e. The minimum atomic E-state index is -1.79. The van der Waals surface area contributed by atoms with E-state index in [1.165, 1.54) is 7.11 Å². The molecule has 0 aromatic rings. The lowest BCUT2D eigenvalue weighted by molar-refractivity contribution is -0.152. The molecule has 0 bridgehead atoms. The molecule has 0 aromatic heterocycles. The Labute approximate surface area is 91.7 Å². The Kier molecular flexibility index (Phi) is 13.7. The van der Waals surface area contributed by atoms with Crippen molar-refractivity contribution in [2.24, 2.45) is 0 Å². The van der Waals surface area contributed by atoms with E-state index in [4.69, 9.17) is 15.3 Å². The number of esters is 1. The van der Waals surface area contributed by atoms with E-state index >= 15 is 0 Å². The summed E-state index contributed by atoms with van der Waals surface area (Å²) in [5, 5.41) is 24.1. The summed E-state index contributed by atoms with van der Waals surface area (Å²) in [7, 11) is 1.31. The topological polar surface area (TPSA) is 156 Å². The van der Waals surface area contributed by atoms with Gasteiger partial charge in [0.05, 0.1) is 13.5 Å². The number of carboxylic acids is 2. The van der Waals surface area contributed by atoms with E-state index in [-0.39, 0.29) is 6.15 Å². The third-order valence-corrected chi connectivity index (χ3v) is 1.02. The van der Waals surface area contributed by atoms with Crippen molar-refractivity contribution in [2.75, 3.05) is 7.11 Å². The molecule has 8 heteroatoms. The first kappa shape index (κ1) is 19.6. The number of hydrogen-bond donors (Lipinski definition) is 4. The average molecular weight is 237 g/mol. The van der Waals surface area contributed by atoms with Crippen molar-refractivity contribution in [3.05, 3.63) is 12.7 Å². The van der Waals surface area contributed by atoms with Crippen molar-refractivity contribution >= 4 is 17.9 Å². The van der Waals surface area contributed by atoms with Crippen LogP contribution in [-0.4, -0.2) is 46.4 Å². The van der Waals surface area contributed by atoms with E-state index in [0.29, 0.717) is 0 Å². The Balaban J connectivity index is -0.000000214. The van der Waals surface area contributed by atoms with Gasteiger partial charge in [0.25, 0.3) is 0 Å². The molecule has 1 atom stereocenters. The zero-order chi connectivity index (χ0) is 12.4.